The van der Waals surface area contributed by atoms with Crippen LogP contribution in [0.4, 0.5) is 18.9 Å². The first-order chi connectivity index (χ1) is 14.0. The second-order valence-corrected chi connectivity index (χ2v) is 9.07. The number of halogens is 3. The summed E-state index contributed by atoms with van der Waals surface area (Å²) in [6, 6.07) is 9.44. The summed E-state index contributed by atoms with van der Waals surface area (Å²) >= 11 is 0. The Kier molecular flexibility index (Phi) is 6.21. The number of amides is 1. The number of morpholine rings is 1. The molecule has 0 aliphatic carbocycles. The van der Waals surface area contributed by atoms with Crippen molar-refractivity contribution in [3.8, 4) is 0 Å². The van der Waals surface area contributed by atoms with Gasteiger partial charge in [-0.05, 0) is 62.4 Å². The van der Waals surface area contributed by atoms with E-state index in [1.807, 2.05) is 0 Å². The van der Waals surface area contributed by atoms with Gasteiger partial charge in [0, 0.05) is 24.3 Å². The highest BCUT2D eigenvalue weighted by molar-refractivity contribution is 7.89. The van der Waals surface area contributed by atoms with Gasteiger partial charge in [0.05, 0.1) is 22.7 Å². The Morgan fingerprint density at radius 1 is 1.00 bits per heavy atom. The van der Waals surface area contributed by atoms with E-state index in [1.54, 1.807) is 13.8 Å². The highest BCUT2D eigenvalue weighted by Gasteiger charge is 2.32. The van der Waals surface area contributed by atoms with Crippen molar-refractivity contribution in [1.82, 2.24) is 4.31 Å². The average molecular weight is 442 g/mol. The van der Waals surface area contributed by atoms with E-state index in [1.165, 1.54) is 28.6 Å². The van der Waals surface area contributed by atoms with Crippen LogP contribution >= 0.6 is 0 Å². The number of alkyl halides is 3. The number of carbonyl (C=O) groups excluding carboxylic acids is 1. The first kappa shape index (κ1) is 22.3. The molecule has 30 heavy (non-hydrogen) atoms. The van der Waals surface area contributed by atoms with Gasteiger partial charge in [-0.25, -0.2) is 8.42 Å². The predicted octanol–water partition coefficient (Wildman–Crippen LogP) is 3.76. The zero-order chi connectivity index (χ0) is 22.1. The van der Waals surface area contributed by atoms with Gasteiger partial charge in [0.2, 0.25) is 10.0 Å². The van der Waals surface area contributed by atoms with Crippen molar-refractivity contribution in [2.24, 2.45) is 0 Å². The minimum absolute atomic E-state index is 0.0508. The second kappa shape index (κ2) is 8.37. The van der Waals surface area contributed by atoms with Gasteiger partial charge in [-0.2, -0.15) is 17.5 Å². The predicted molar refractivity (Wildman–Crippen MR) is 105 cm³/mol. The van der Waals surface area contributed by atoms with Gasteiger partial charge in [-0.15, -0.1) is 0 Å². The third-order valence-corrected chi connectivity index (χ3v) is 6.46. The molecule has 1 fully saturated rings. The number of rotatable bonds is 4. The third-order valence-electron chi connectivity index (χ3n) is 4.61. The zero-order valence-electron chi connectivity index (χ0n) is 16.3. The number of nitrogens with zero attached hydrogens (tertiary/aromatic N) is 1. The van der Waals surface area contributed by atoms with E-state index in [4.69, 9.17) is 4.74 Å². The van der Waals surface area contributed by atoms with Crippen LogP contribution in [0.2, 0.25) is 0 Å². The quantitative estimate of drug-likeness (QED) is 0.783. The smallest absolute Gasteiger partial charge is 0.373 e. The molecule has 10 heteroatoms. The van der Waals surface area contributed by atoms with Crippen LogP contribution in [0.15, 0.2) is 53.4 Å². The number of sulfonamides is 1. The molecule has 162 valence electrons. The third kappa shape index (κ3) is 5.00. The van der Waals surface area contributed by atoms with Gasteiger partial charge in [-0.3, -0.25) is 4.79 Å². The summed E-state index contributed by atoms with van der Waals surface area (Å²) in [6.45, 7) is 4.07. The van der Waals surface area contributed by atoms with E-state index in [0.717, 1.165) is 24.3 Å². The van der Waals surface area contributed by atoms with Crippen LogP contribution < -0.4 is 5.32 Å². The second-order valence-electron chi connectivity index (χ2n) is 7.13. The number of hydrogen-bond donors (Lipinski definition) is 1. The maximum atomic E-state index is 12.8. The number of anilines is 1. The van der Waals surface area contributed by atoms with Gasteiger partial charge in [0.15, 0.2) is 0 Å². The van der Waals surface area contributed by atoms with Crippen molar-refractivity contribution in [3.63, 3.8) is 0 Å². The summed E-state index contributed by atoms with van der Waals surface area (Å²) in [5.41, 5.74) is -0.444. The maximum Gasteiger partial charge on any atom is 0.416 e. The van der Waals surface area contributed by atoms with Crippen LogP contribution in [-0.4, -0.2) is 43.9 Å². The minimum Gasteiger partial charge on any atom is -0.373 e. The fraction of sp³-hybridized carbons (Fsp3) is 0.350. The van der Waals surface area contributed by atoms with Crippen LogP contribution in [-0.2, 0) is 20.9 Å². The van der Waals surface area contributed by atoms with E-state index in [2.05, 4.69) is 5.32 Å². The number of hydrogen-bond acceptors (Lipinski definition) is 4. The van der Waals surface area contributed by atoms with Crippen molar-refractivity contribution in [2.75, 3.05) is 18.4 Å². The molecule has 1 amide bonds. The Hall–Kier alpha value is -2.43. The van der Waals surface area contributed by atoms with Gasteiger partial charge < -0.3 is 10.1 Å². The van der Waals surface area contributed by atoms with E-state index in [9.17, 15) is 26.4 Å². The standard InChI is InChI=1S/C20H21F3N2O4S/c1-13-11-25(12-14(2)29-13)30(27,28)18-9-3-15(4-10-18)19(26)24-17-7-5-16(6-8-17)20(21,22)23/h3-10,13-14H,11-12H2,1-2H3,(H,24,26). The average Bonchev–Trinajstić information content (AvgIpc) is 2.67. The Balaban J connectivity index is 1.71. The van der Waals surface area contributed by atoms with Gasteiger partial charge in [-0.1, -0.05) is 0 Å². The Morgan fingerprint density at radius 2 is 1.53 bits per heavy atom. The topological polar surface area (TPSA) is 75.7 Å². The van der Waals surface area contributed by atoms with Crippen molar-refractivity contribution in [1.29, 1.82) is 0 Å². The summed E-state index contributed by atoms with van der Waals surface area (Å²) < 4.78 is 70.4. The molecule has 0 spiro atoms. The summed E-state index contributed by atoms with van der Waals surface area (Å²) in [6.07, 6.45) is -4.91. The molecule has 0 aromatic heterocycles. The van der Waals surface area contributed by atoms with Crippen LogP contribution in [0.25, 0.3) is 0 Å². The van der Waals surface area contributed by atoms with Crippen LogP contribution in [0.5, 0.6) is 0 Å². The van der Waals surface area contributed by atoms with Gasteiger partial charge >= 0.3 is 6.18 Å². The van der Waals surface area contributed by atoms with Crippen molar-refractivity contribution in [2.45, 2.75) is 37.1 Å². The van der Waals surface area contributed by atoms with E-state index in [-0.39, 0.29) is 41.4 Å². The summed E-state index contributed by atoms with van der Waals surface area (Å²) in [5, 5.41) is 2.49. The Morgan fingerprint density at radius 3 is 2.03 bits per heavy atom. The van der Waals surface area contributed by atoms with Crippen LogP contribution in [0, 0.1) is 0 Å². The SMILES string of the molecule is CC1CN(S(=O)(=O)c2ccc(C(=O)Nc3ccc(C(F)(F)F)cc3)cc2)CC(C)O1. The molecule has 2 aromatic rings. The summed E-state index contributed by atoms with van der Waals surface area (Å²) in [7, 11) is -3.73. The number of nitrogens with one attached hydrogen (secondary N) is 1. The molecule has 1 aliphatic rings. The lowest BCUT2D eigenvalue weighted by Gasteiger charge is -2.34. The van der Waals surface area contributed by atoms with E-state index in [0.29, 0.717) is 0 Å². The number of benzene rings is 2. The van der Waals surface area contributed by atoms with E-state index < -0.39 is 27.7 Å². The maximum absolute atomic E-state index is 12.8. The fourth-order valence-electron chi connectivity index (χ4n) is 3.20. The molecule has 3 rings (SSSR count). The lowest BCUT2D eigenvalue weighted by Crippen LogP contribution is -2.48. The summed E-state index contributed by atoms with van der Waals surface area (Å²) in [4.78, 5) is 12.4. The molecule has 0 bridgehead atoms. The molecule has 1 aliphatic heterocycles. The van der Waals surface area contributed by atoms with Crippen LogP contribution in [0.3, 0.4) is 0 Å². The minimum atomic E-state index is -4.46. The number of ether oxygens (including phenoxy) is 1. The Bertz CT molecular complexity index is 996. The van der Waals surface area contributed by atoms with Crippen LogP contribution in [0.1, 0.15) is 29.8 Å². The lowest BCUT2D eigenvalue weighted by molar-refractivity contribution is -0.137. The lowest BCUT2D eigenvalue weighted by atomic mass is 10.2. The molecule has 6 nitrogen and oxygen atoms in total. The zero-order valence-corrected chi connectivity index (χ0v) is 17.1. The largest absolute Gasteiger partial charge is 0.416 e. The highest BCUT2D eigenvalue weighted by Crippen LogP contribution is 2.30. The van der Waals surface area contributed by atoms with Crippen molar-refractivity contribution < 1.29 is 31.1 Å². The fourth-order valence-corrected chi connectivity index (χ4v) is 4.79. The molecule has 1 saturated heterocycles. The molecule has 2 aromatic carbocycles. The monoisotopic (exact) mass is 442 g/mol. The number of carbonyl (C=O) groups is 1. The molecule has 2 unspecified atom stereocenters. The van der Waals surface area contributed by atoms with E-state index >= 15 is 0 Å². The molecule has 0 radical (unpaired) electrons. The molecule has 2 atom stereocenters. The normalized spacial score (nSPS) is 20.7. The van der Waals surface area contributed by atoms with Crippen molar-refractivity contribution in [3.05, 3.63) is 59.7 Å². The van der Waals surface area contributed by atoms with Crippen molar-refractivity contribution >= 4 is 21.6 Å². The highest BCUT2D eigenvalue weighted by atomic mass is 32.2. The molecular weight excluding hydrogens is 421 g/mol. The molecular formula is C20H21F3N2O4S. The molecule has 0 saturated carbocycles. The van der Waals surface area contributed by atoms with Gasteiger partial charge in [0.25, 0.3) is 5.91 Å². The first-order valence-corrected chi connectivity index (χ1v) is 10.6. The first-order valence-electron chi connectivity index (χ1n) is 9.21. The Labute approximate surface area is 172 Å². The molecule has 1 N–H and O–H groups in total. The summed E-state index contributed by atoms with van der Waals surface area (Å²) in [5.74, 6) is -0.563. The molecule has 1 heterocycles. The van der Waals surface area contributed by atoms with Gasteiger partial charge in [0.1, 0.15) is 0 Å².